The zero-order valence-corrected chi connectivity index (χ0v) is 11.8. The Morgan fingerprint density at radius 3 is 2.74 bits per heavy atom. The summed E-state index contributed by atoms with van der Waals surface area (Å²) in [5.74, 6) is -0.0533. The highest BCUT2D eigenvalue weighted by Crippen LogP contribution is 2.40. The quantitative estimate of drug-likeness (QED) is 0.910. The van der Waals surface area contributed by atoms with Crippen molar-refractivity contribution in [2.75, 3.05) is 4.90 Å². The van der Waals surface area contributed by atoms with Crippen LogP contribution in [-0.2, 0) is 4.79 Å². The van der Waals surface area contributed by atoms with Crippen molar-refractivity contribution in [1.82, 2.24) is 9.36 Å². The normalized spacial score (nSPS) is 25.5. The van der Waals surface area contributed by atoms with Crippen molar-refractivity contribution in [3.63, 3.8) is 0 Å². The summed E-state index contributed by atoms with van der Waals surface area (Å²) in [6.07, 6.45) is 5.62. The molecule has 1 aliphatic carbocycles. The average molecular weight is 300 g/mol. The number of hydrogen-bond donors (Lipinski definition) is 1. The van der Waals surface area contributed by atoms with Crippen LogP contribution in [0.25, 0.3) is 0 Å². The minimum absolute atomic E-state index is 0.168. The molecular weight excluding hydrogens is 286 g/mol. The molecule has 0 bridgehead atoms. The van der Waals surface area contributed by atoms with E-state index in [1.165, 1.54) is 17.6 Å². The van der Waals surface area contributed by atoms with Gasteiger partial charge in [-0.05, 0) is 18.8 Å². The van der Waals surface area contributed by atoms with Gasteiger partial charge in [0, 0.05) is 17.1 Å². The molecule has 1 atom stereocenters. The number of carbonyl (C=O) groups excluding carboxylic acids is 1. The number of halogens is 1. The van der Waals surface area contributed by atoms with Crippen LogP contribution in [0.2, 0.25) is 0 Å². The van der Waals surface area contributed by atoms with E-state index in [0.29, 0.717) is 10.7 Å². The summed E-state index contributed by atoms with van der Waals surface area (Å²) < 4.78 is 3.86. The van der Waals surface area contributed by atoms with Crippen molar-refractivity contribution < 1.29 is 9.90 Å². The summed E-state index contributed by atoms with van der Waals surface area (Å²) in [5.41, 5.74) is 0.573. The van der Waals surface area contributed by atoms with Crippen molar-refractivity contribution in [2.45, 2.75) is 38.3 Å². The molecule has 0 spiro atoms. The van der Waals surface area contributed by atoms with E-state index < -0.39 is 6.23 Å². The number of carbonyl (C=O) groups is 1. The average Bonchev–Trinajstić information content (AvgIpc) is 3.00. The van der Waals surface area contributed by atoms with E-state index in [9.17, 15) is 9.90 Å². The molecule has 1 amide bonds. The topological polar surface area (TPSA) is 66.3 Å². The smallest absolute Gasteiger partial charge is 0.260 e. The molecule has 1 saturated carbocycles. The van der Waals surface area contributed by atoms with Crippen LogP contribution in [0.15, 0.2) is 16.9 Å². The standard InChI is InChI=1S/C12H14ClN3O2S/c13-9-8(7-4-2-1-3-5-7)10(17)16(11(9)18)12-14-6-15-19-12/h6-7,11,18H,1-5H2. The van der Waals surface area contributed by atoms with Gasteiger partial charge in [0.1, 0.15) is 6.33 Å². The van der Waals surface area contributed by atoms with Gasteiger partial charge in [0.15, 0.2) is 6.23 Å². The largest absolute Gasteiger partial charge is 0.368 e. The molecule has 0 saturated heterocycles. The van der Waals surface area contributed by atoms with E-state index in [1.807, 2.05) is 0 Å². The third-order valence-electron chi connectivity index (χ3n) is 3.75. The maximum atomic E-state index is 12.5. The van der Waals surface area contributed by atoms with E-state index in [4.69, 9.17) is 11.6 Å². The minimum Gasteiger partial charge on any atom is -0.368 e. The molecule has 0 aromatic carbocycles. The van der Waals surface area contributed by atoms with Crippen molar-refractivity contribution in [2.24, 2.45) is 5.92 Å². The maximum Gasteiger partial charge on any atom is 0.260 e. The second-order valence-electron chi connectivity index (χ2n) is 4.87. The van der Waals surface area contributed by atoms with Gasteiger partial charge < -0.3 is 5.11 Å². The number of hydrogen-bond acceptors (Lipinski definition) is 5. The first-order chi connectivity index (χ1) is 9.20. The number of aromatic nitrogens is 2. The summed E-state index contributed by atoms with van der Waals surface area (Å²) in [6, 6.07) is 0. The van der Waals surface area contributed by atoms with Gasteiger partial charge in [0.2, 0.25) is 5.13 Å². The summed E-state index contributed by atoms with van der Waals surface area (Å²) >= 11 is 7.27. The van der Waals surface area contributed by atoms with Crippen LogP contribution in [0.4, 0.5) is 5.13 Å². The molecule has 1 unspecified atom stereocenters. The molecule has 1 aromatic rings. The van der Waals surface area contributed by atoms with E-state index >= 15 is 0 Å². The van der Waals surface area contributed by atoms with Crippen molar-refractivity contribution >= 4 is 34.2 Å². The lowest BCUT2D eigenvalue weighted by molar-refractivity contribution is -0.116. The van der Waals surface area contributed by atoms with Gasteiger partial charge >= 0.3 is 0 Å². The minimum atomic E-state index is -1.11. The monoisotopic (exact) mass is 299 g/mol. The summed E-state index contributed by atoms with van der Waals surface area (Å²) in [5, 5.41) is 10.8. The fraction of sp³-hybridized carbons (Fsp3) is 0.583. The molecule has 1 aromatic heterocycles. The molecule has 3 rings (SSSR count). The van der Waals surface area contributed by atoms with E-state index in [-0.39, 0.29) is 16.9 Å². The summed E-state index contributed by atoms with van der Waals surface area (Å²) in [7, 11) is 0. The van der Waals surface area contributed by atoms with E-state index in [0.717, 1.165) is 37.2 Å². The molecular formula is C12H14ClN3O2S. The predicted octanol–water partition coefficient (Wildman–Crippen LogP) is 2.28. The Morgan fingerprint density at radius 2 is 2.11 bits per heavy atom. The molecule has 19 heavy (non-hydrogen) atoms. The number of amides is 1. The lowest BCUT2D eigenvalue weighted by Gasteiger charge is -2.22. The first-order valence-electron chi connectivity index (χ1n) is 6.38. The first kappa shape index (κ1) is 13.0. The van der Waals surface area contributed by atoms with Crippen molar-refractivity contribution in [1.29, 1.82) is 0 Å². The number of anilines is 1. The molecule has 2 heterocycles. The molecule has 1 aliphatic heterocycles. The fourth-order valence-corrected chi connectivity index (χ4v) is 3.71. The molecule has 0 radical (unpaired) electrons. The molecule has 1 fully saturated rings. The third-order valence-corrected chi connectivity index (χ3v) is 4.81. The Hall–Kier alpha value is -0.980. The van der Waals surface area contributed by atoms with Crippen molar-refractivity contribution in [3.05, 3.63) is 16.9 Å². The lowest BCUT2D eigenvalue weighted by Crippen LogP contribution is -2.35. The number of aliphatic hydroxyl groups excluding tert-OH is 1. The van der Waals surface area contributed by atoms with Gasteiger partial charge in [-0.1, -0.05) is 30.9 Å². The van der Waals surface area contributed by atoms with Crippen molar-refractivity contribution in [3.8, 4) is 0 Å². The van der Waals surface area contributed by atoms with Gasteiger partial charge in [-0.25, -0.2) is 4.98 Å². The Labute approximate surface area is 120 Å². The second kappa shape index (κ2) is 5.19. The Bertz CT molecular complexity index is 511. The lowest BCUT2D eigenvalue weighted by atomic mass is 9.83. The Kier molecular flexibility index (Phi) is 3.56. The highest BCUT2D eigenvalue weighted by molar-refractivity contribution is 7.09. The van der Waals surface area contributed by atoms with Gasteiger partial charge in [-0.3, -0.25) is 9.69 Å². The van der Waals surface area contributed by atoms with Gasteiger partial charge in [-0.2, -0.15) is 4.37 Å². The van der Waals surface area contributed by atoms with Crippen LogP contribution in [0.1, 0.15) is 32.1 Å². The molecule has 7 heteroatoms. The van der Waals surface area contributed by atoms with Crippen LogP contribution in [-0.4, -0.2) is 26.6 Å². The fourth-order valence-electron chi connectivity index (χ4n) is 2.82. The molecule has 102 valence electrons. The van der Waals surface area contributed by atoms with E-state index in [2.05, 4.69) is 9.36 Å². The predicted molar refractivity (Wildman–Crippen MR) is 72.9 cm³/mol. The maximum absolute atomic E-state index is 12.5. The van der Waals surface area contributed by atoms with Gasteiger partial charge in [0.05, 0.1) is 5.03 Å². The Balaban J connectivity index is 1.90. The molecule has 1 N–H and O–H groups in total. The van der Waals surface area contributed by atoms with Crippen LogP contribution in [0.3, 0.4) is 0 Å². The molecule has 2 aliphatic rings. The first-order valence-corrected chi connectivity index (χ1v) is 7.53. The van der Waals surface area contributed by atoms with Crippen LogP contribution in [0, 0.1) is 5.92 Å². The second-order valence-corrected chi connectivity index (χ2v) is 6.03. The summed E-state index contributed by atoms with van der Waals surface area (Å²) in [4.78, 5) is 17.7. The summed E-state index contributed by atoms with van der Waals surface area (Å²) in [6.45, 7) is 0. The van der Waals surface area contributed by atoms with Gasteiger partial charge in [-0.15, -0.1) is 0 Å². The van der Waals surface area contributed by atoms with Crippen LogP contribution in [0.5, 0.6) is 0 Å². The SMILES string of the molecule is O=C1C(C2CCCCC2)=C(Cl)C(O)N1c1ncns1. The van der Waals surface area contributed by atoms with Gasteiger partial charge in [0.25, 0.3) is 5.91 Å². The molecule has 5 nitrogen and oxygen atoms in total. The highest BCUT2D eigenvalue weighted by atomic mass is 35.5. The highest BCUT2D eigenvalue weighted by Gasteiger charge is 2.42. The zero-order valence-electron chi connectivity index (χ0n) is 10.3. The van der Waals surface area contributed by atoms with Crippen LogP contribution >= 0.6 is 23.1 Å². The number of rotatable bonds is 2. The number of nitrogens with zero attached hydrogens (tertiary/aromatic N) is 3. The van der Waals surface area contributed by atoms with E-state index in [1.54, 1.807) is 0 Å². The Morgan fingerprint density at radius 1 is 1.37 bits per heavy atom. The number of aliphatic hydroxyl groups is 1. The van der Waals surface area contributed by atoms with Crippen LogP contribution < -0.4 is 4.90 Å². The zero-order chi connectivity index (χ0) is 13.4. The third kappa shape index (κ3) is 2.17.